The van der Waals surface area contributed by atoms with Crippen LogP contribution in [0.25, 0.3) is 22.2 Å². The van der Waals surface area contributed by atoms with Gasteiger partial charge in [-0.1, -0.05) is 11.8 Å². The molecule has 11 heteroatoms. The minimum absolute atomic E-state index is 0.0118. The first-order chi connectivity index (χ1) is 22.0. The predicted octanol–water partition coefficient (Wildman–Crippen LogP) is 2.80. The lowest BCUT2D eigenvalue weighted by molar-refractivity contribution is -0.135. The van der Waals surface area contributed by atoms with Crippen LogP contribution in [0.1, 0.15) is 41.1 Å². The number of amides is 2. The standard InChI is InChI=1S/C35H37N5O6/c1-20-21(2)34(43)37(3)18-25(20)24-14-30(45-5)26(31(15-24)46-6)19-39-16-23(17-39)8-7-22-9-10-27-29(13-22)38(4)35(44)40(27)28-11-12-32(41)36-33(28)42/h9-10,13-15,18,23,28H,11-12,16-17,19H2,1-6H3,(H,36,41,42). The molecule has 2 aliphatic rings. The smallest absolute Gasteiger partial charge is 0.329 e. The number of carbonyl (C=O) groups excluding carboxylic acids is 2. The van der Waals surface area contributed by atoms with Gasteiger partial charge in [0.1, 0.15) is 17.5 Å². The van der Waals surface area contributed by atoms with Crippen LogP contribution in [-0.2, 0) is 30.2 Å². The van der Waals surface area contributed by atoms with E-state index in [1.165, 1.54) is 9.13 Å². The summed E-state index contributed by atoms with van der Waals surface area (Å²) in [5, 5.41) is 2.34. The van der Waals surface area contributed by atoms with E-state index in [-0.39, 0.29) is 29.5 Å². The molecular formula is C35H37N5O6. The second kappa shape index (κ2) is 12.0. The maximum absolute atomic E-state index is 13.1. The molecule has 1 atom stereocenters. The van der Waals surface area contributed by atoms with E-state index in [1.807, 2.05) is 50.4 Å². The molecule has 2 fully saturated rings. The third-order valence-electron chi connectivity index (χ3n) is 9.22. The van der Waals surface area contributed by atoms with Gasteiger partial charge < -0.3 is 14.0 Å². The molecule has 46 heavy (non-hydrogen) atoms. The molecule has 2 amide bonds. The number of ether oxygens (including phenoxy) is 2. The van der Waals surface area contributed by atoms with Crippen LogP contribution in [-0.4, -0.2) is 57.7 Å². The van der Waals surface area contributed by atoms with Gasteiger partial charge in [-0.05, 0) is 61.7 Å². The second-order valence-electron chi connectivity index (χ2n) is 12.1. The lowest BCUT2D eigenvalue weighted by Gasteiger charge is -2.37. The third kappa shape index (κ3) is 5.39. The minimum Gasteiger partial charge on any atom is -0.496 e. The average molecular weight is 624 g/mol. The van der Waals surface area contributed by atoms with Gasteiger partial charge in [-0.3, -0.25) is 33.7 Å². The average Bonchev–Trinajstić information content (AvgIpc) is 3.27. The van der Waals surface area contributed by atoms with Crippen molar-refractivity contribution in [1.82, 2.24) is 23.9 Å². The molecule has 11 nitrogen and oxygen atoms in total. The van der Waals surface area contributed by atoms with E-state index >= 15 is 0 Å². The molecule has 1 unspecified atom stereocenters. The number of rotatable bonds is 6. The molecule has 4 aromatic rings. The molecule has 0 saturated carbocycles. The van der Waals surface area contributed by atoms with E-state index in [0.29, 0.717) is 29.6 Å². The number of pyridine rings is 1. The van der Waals surface area contributed by atoms with E-state index in [2.05, 4.69) is 22.1 Å². The number of nitrogens with zero attached hydrogens (tertiary/aromatic N) is 4. The molecule has 238 valence electrons. The number of piperidine rings is 1. The highest BCUT2D eigenvalue weighted by molar-refractivity contribution is 6.00. The summed E-state index contributed by atoms with van der Waals surface area (Å²) in [6.45, 7) is 6.00. The summed E-state index contributed by atoms with van der Waals surface area (Å²) in [5.74, 6) is 7.48. The summed E-state index contributed by atoms with van der Waals surface area (Å²) in [4.78, 5) is 51.8. The van der Waals surface area contributed by atoms with Crippen molar-refractivity contribution in [3.05, 3.63) is 79.6 Å². The minimum atomic E-state index is -0.720. The molecule has 2 saturated heterocycles. The number of hydrogen-bond donors (Lipinski definition) is 1. The Balaban J connectivity index is 1.18. The summed E-state index contributed by atoms with van der Waals surface area (Å²) in [7, 11) is 6.73. The van der Waals surface area contributed by atoms with Crippen molar-refractivity contribution in [2.24, 2.45) is 20.0 Å². The Kier molecular flexibility index (Phi) is 8.08. The van der Waals surface area contributed by atoms with Crippen molar-refractivity contribution in [2.45, 2.75) is 39.3 Å². The van der Waals surface area contributed by atoms with Crippen molar-refractivity contribution in [2.75, 3.05) is 27.3 Å². The monoisotopic (exact) mass is 623 g/mol. The molecule has 2 aliphatic heterocycles. The van der Waals surface area contributed by atoms with Gasteiger partial charge in [0.2, 0.25) is 11.8 Å². The molecule has 6 rings (SSSR count). The topological polar surface area (TPSA) is 117 Å². The zero-order valence-corrected chi connectivity index (χ0v) is 26.9. The Hall–Kier alpha value is -5.08. The molecule has 0 aliphatic carbocycles. The van der Waals surface area contributed by atoms with Crippen LogP contribution < -0.4 is 26.0 Å². The molecule has 2 aromatic carbocycles. The fraction of sp³-hybridized carbons (Fsp3) is 0.371. The highest BCUT2D eigenvalue weighted by atomic mass is 16.5. The Morgan fingerprint density at radius 1 is 0.935 bits per heavy atom. The molecule has 0 radical (unpaired) electrons. The maximum atomic E-state index is 13.1. The summed E-state index contributed by atoms with van der Waals surface area (Å²) < 4.78 is 16.2. The number of hydrogen-bond acceptors (Lipinski definition) is 7. The van der Waals surface area contributed by atoms with Gasteiger partial charge in [-0.25, -0.2) is 4.79 Å². The van der Waals surface area contributed by atoms with Crippen LogP contribution in [0.5, 0.6) is 11.5 Å². The van der Waals surface area contributed by atoms with Gasteiger partial charge in [-0.2, -0.15) is 0 Å². The zero-order valence-electron chi connectivity index (χ0n) is 26.9. The lowest BCUT2D eigenvalue weighted by atomic mass is 9.95. The van der Waals surface area contributed by atoms with Crippen molar-refractivity contribution in [3.63, 3.8) is 0 Å². The maximum Gasteiger partial charge on any atom is 0.329 e. The van der Waals surface area contributed by atoms with E-state index in [0.717, 1.165) is 52.4 Å². The normalized spacial score (nSPS) is 17.0. The van der Waals surface area contributed by atoms with Gasteiger partial charge in [-0.15, -0.1) is 0 Å². The number of nitrogens with one attached hydrogen (secondary N) is 1. The quantitative estimate of drug-likeness (QED) is 0.259. The van der Waals surface area contributed by atoms with Crippen molar-refractivity contribution in [1.29, 1.82) is 0 Å². The fourth-order valence-electron chi connectivity index (χ4n) is 6.43. The predicted molar refractivity (Wildman–Crippen MR) is 174 cm³/mol. The first-order valence-electron chi connectivity index (χ1n) is 15.2. The zero-order chi connectivity index (χ0) is 32.9. The number of fused-ring (bicyclic) bond motifs is 1. The summed E-state index contributed by atoms with van der Waals surface area (Å²) in [6.07, 6.45) is 2.34. The molecule has 0 bridgehead atoms. The van der Waals surface area contributed by atoms with Crippen LogP contribution in [0.15, 0.2) is 46.1 Å². The van der Waals surface area contributed by atoms with E-state index in [9.17, 15) is 19.2 Å². The molecule has 2 aromatic heterocycles. The van der Waals surface area contributed by atoms with E-state index in [4.69, 9.17) is 9.47 Å². The van der Waals surface area contributed by atoms with E-state index in [1.54, 1.807) is 32.9 Å². The Labute approximate surface area is 266 Å². The number of likely N-dealkylation sites (tertiary alicyclic amines) is 1. The van der Waals surface area contributed by atoms with Crippen LogP contribution in [0, 0.1) is 31.6 Å². The Morgan fingerprint density at radius 3 is 2.28 bits per heavy atom. The van der Waals surface area contributed by atoms with Gasteiger partial charge in [0.15, 0.2) is 0 Å². The van der Waals surface area contributed by atoms with Gasteiger partial charge in [0.25, 0.3) is 5.56 Å². The summed E-state index contributed by atoms with van der Waals surface area (Å²) in [6, 6.07) is 8.82. The van der Waals surface area contributed by atoms with Crippen LogP contribution in [0.2, 0.25) is 0 Å². The largest absolute Gasteiger partial charge is 0.496 e. The number of imide groups is 1. The molecular weight excluding hydrogens is 586 g/mol. The number of benzene rings is 2. The number of imidazole rings is 1. The second-order valence-corrected chi connectivity index (χ2v) is 12.1. The lowest BCUT2D eigenvalue weighted by Crippen LogP contribution is -2.45. The molecule has 0 spiro atoms. The third-order valence-corrected chi connectivity index (χ3v) is 9.22. The molecule has 4 heterocycles. The van der Waals surface area contributed by atoms with Crippen LogP contribution in [0.3, 0.4) is 0 Å². The van der Waals surface area contributed by atoms with Gasteiger partial charge in [0.05, 0.1) is 30.8 Å². The van der Waals surface area contributed by atoms with Crippen molar-refractivity contribution < 1.29 is 19.1 Å². The highest BCUT2D eigenvalue weighted by Gasteiger charge is 2.31. The van der Waals surface area contributed by atoms with E-state index < -0.39 is 11.9 Å². The van der Waals surface area contributed by atoms with Gasteiger partial charge >= 0.3 is 5.69 Å². The van der Waals surface area contributed by atoms with Crippen molar-refractivity contribution in [3.8, 4) is 34.5 Å². The Bertz CT molecular complexity index is 2060. The van der Waals surface area contributed by atoms with Crippen molar-refractivity contribution >= 4 is 22.8 Å². The van der Waals surface area contributed by atoms with Crippen LogP contribution in [0.4, 0.5) is 0 Å². The van der Waals surface area contributed by atoms with Gasteiger partial charge in [0, 0.05) is 69.0 Å². The highest BCUT2D eigenvalue weighted by Crippen LogP contribution is 2.38. The summed E-state index contributed by atoms with van der Waals surface area (Å²) >= 11 is 0. The Morgan fingerprint density at radius 2 is 1.63 bits per heavy atom. The number of methoxy groups -OCH3 is 2. The molecule has 1 N–H and O–H groups in total. The van der Waals surface area contributed by atoms with Crippen LogP contribution >= 0.6 is 0 Å². The fourth-order valence-corrected chi connectivity index (χ4v) is 6.43. The number of aryl methyl sites for hydroxylation is 2. The number of carbonyl (C=O) groups is 2. The summed E-state index contributed by atoms with van der Waals surface area (Å²) in [5.41, 5.74) is 6.25. The first-order valence-corrected chi connectivity index (χ1v) is 15.2. The SMILES string of the molecule is COc1cc(-c2cn(C)c(=O)c(C)c2C)cc(OC)c1CN1CC(C#Cc2ccc3c(c2)n(C)c(=O)n3C2CCC(=O)NC2=O)C1. The first kappa shape index (κ1) is 30.9. The number of aromatic nitrogens is 3.